The largest absolute Gasteiger partial charge is 0.347 e. The minimum Gasteiger partial charge on any atom is -0.347 e. The maximum absolute atomic E-state index is 13.5. The number of halogens is 2. The van der Waals surface area contributed by atoms with Crippen LogP contribution in [0.5, 0.6) is 0 Å². The first-order valence-corrected chi connectivity index (χ1v) is 9.96. The number of aryl methyl sites for hydroxylation is 1. The number of aliphatic imine (C=N–C) groups is 1. The Balaban J connectivity index is 1.58. The Morgan fingerprint density at radius 1 is 1.00 bits per heavy atom. The third kappa shape index (κ3) is 4.39. The van der Waals surface area contributed by atoms with Crippen molar-refractivity contribution >= 4 is 5.96 Å². The Kier molecular flexibility index (Phi) is 5.47. The van der Waals surface area contributed by atoms with Gasteiger partial charge in [0.25, 0.3) is 0 Å². The predicted molar refractivity (Wildman–Crippen MR) is 112 cm³/mol. The van der Waals surface area contributed by atoms with Gasteiger partial charge in [-0.1, -0.05) is 61.0 Å². The summed E-state index contributed by atoms with van der Waals surface area (Å²) in [5, 5.41) is 6.96. The van der Waals surface area contributed by atoms with E-state index in [9.17, 15) is 8.78 Å². The van der Waals surface area contributed by atoms with Crippen molar-refractivity contribution in [3.05, 3.63) is 94.6 Å². The molecule has 0 saturated carbocycles. The summed E-state index contributed by atoms with van der Waals surface area (Å²) in [5.41, 5.74) is 4.26. The van der Waals surface area contributed by atoms with Crippen LogP contribution in [-0.4, -0.2) is 12.0 Å². The second-order valence-corrected chi connectivity index (χ2v) is 7.84. The van der Waals surface area contributed by atoms with Gasteiger partial charge in [0, 0.05) is 0 Å². The minimum atomic E-state index is -0.850. The van der Waals surface area contributed by atoms with E-state index in [0.717, 1.165) is 12.5 Å². The van der Waals surface area contributed by atoms with Crippen molar-refractivity contribution in [2.75, 3.05) is 0 Å². The number of hydrogen-bond donors (Lipinski definition) is 2. The molecule has 0 spiro atoms. The molecular weight excluding hydrogens is 368 g/mol. The van der Waals surface area contributed by atoms with Crippen molar-refractivity contribution in [3.63, 3.8) is 0 Å². The molecule has 2 aromatic rings. The number of rotatable bonds is 4. The number of benzene rings is 2. The van der Waals surface area contributed by atoms with Crippen LogP contribution >= 0.6 is 0 Å². The highest BCUT2D eigenvalue weighted by molar-refractivity contribution is 5.84. The zero-order chi connectivity index (χ0) is 20.4. The third-order valence-electron chi connectivity index (χ3n) is 5.46. The number of guanidine groups is 1. The molecule has 0 radical (unpaired) electrons. The molecule has 2 aliphatic rings. The van der Waals surface area contributed by atoms with Gasteiger partial charge in [-0.2, -0.15) is 0 Å². The molecule has 1 unspecified atom stereocenters. The molecule has 2 N–H and O–H groups in total. The van der Waals surface area contributed by atoms with E-state index in [4.69, 9.17) is 0 Å². The summed E-state index contributed by atoms with van der Waals surface area (Å²) < 4.78 is 26.6. The van der Waals surface area contributed by atoms with Gasteiger partial charge in [-0.25, -0.2) is 13.8 Å². The molecule has 5 heteroatoms. The average Bonchev–Trinajstić information content (AvgIpc) is 3.14. The number of allylic oxidation sites excluding steroid dienone is 2. The van der Waals surface area contributed by atoms with E-state index in [1.54, 1.807) is 6.07 Å². The van der Waals surface area contributed by atoms with E-state index in [0.29, 0.717) is 17.4 Å². The van der Waals surface area contributed by atoms with Crippen LogP contribution in [0.1, 0.15) is 36.1 Å². The molecule has 1 fully saturated rings. The SMILES string of the molecule is Cc1ccc([C@@H]2NC(=NCc3ccc(F)c(F)c3)N[C@@H]2C2=CCC(C)C=C2)cc1. The van der Waals surface area contributed by atoms with Crippen LogP contribution in [-0.2, 0) is 6.54 Å². The third-order valence-corrected chi connectivity index (χ3v) is 5.46. The van der Waals surface area contributed by atoms with Crippen molar-refractivity contribution in [2.24, 2.45) is 10.9 Å². The zero-order valence-electron chi connectivity index (χ0n) is 16.6. The van der Waals surface area contributed by atoms with Crippen LogP contribution in [0.25, 0.3) is 0 Å². The van der Waals surface area contributed by atoms with Gasteiger partial charge in [-0.15, -0.1) is 0 Å². The van der Waals surface area contributed by atoms with Gasteiger partial charge >= 0.3 is 0 Å². The summed E-state index contributed by atoms with van der Waals surface area (Å²) in [4.78, 5) is 4.57. The molecule has 29 heavy (non-hydrogen) atoms. The highest BCUT2D eigenvalue weighted by atomic mass is 19.2. The molecule has 1 aliphatic carbocycles. The molecular formula is C24H25F2N3. The van der Waals surface area contributed by atoms with Crippen LogP contribution in [0.4, 0.5) is 8.78 Å². The molecule has 150 valence electrons. The fourth-order valence-electron chi connectivity index (χ4n) is 3.70. The second-order valence-electron chi connectivity index (χ2n) is 7.84. The Morgan fingerprint density at radius 3 is 2.45 bits per heavy atom. The standard InChI is InChI=1S/C24H25F2N3/c1-15-3-8-18(9-4-15)22-23(19-10-5-16(2)6-11-19)29-24(28-22)27-14-17-7-12-20(25)21(26)13-17/h3-5,7-13,16,22-23H,6,14H2,1-2H3,(H2,27,28,29)/t16?,22-,23+/m0/s1. The molecule has 1 aliphatic heterocycles. The van der Waals surface area contributed by atoms with Crippen LogP contribution in [0.3, 0.4) is 0 Å². The molecule has 1 saturated heterocycles. The van der Waals surface area contributed by atoms with Gasteiger partial charge in [-0.3, -0.25) is 0 Å². The summed E-state index contributed by atoms with van der Waals surface area (Å²) in [6, 6.07) is 12.5. The van der Waals surface area contributed by atoms with Crippen LogP contribution in [0, 0.1) is 24.5 Å². The summed E-state index contributed by atoms with van der Waals surface area (Å²) in [6.07, 6.45) is 7.72. The van der Waals surface area contributed by atoms with E-state index in [1.807, 2.05) is 0 Å². The van der Waals surface area contributed by atoms with Crippen LogP contribution in [0.2, 0.25) is 0 Å². The maximum Gasteiger partial charge on any atom is 0.192 e. The van der Waals surface area contributed by atoms with Crippen molar-refractivity contribution in [2.45, 2.75) is 38.9 Å². The smallest absolute Gasteiger partial charge is 0.192 e. The van der Waals surface area contributed by atoms with E-state index < -0.39 is 11.6 Å². The Hall–Kier alpha value is -2.95. The second kappa shape index (κ2) is 8.19. The summed E-state index contributed by atoms with van der Waals surface area (Å²) >= 11 is 0. The molecule has 1 heterocycles. The van der Waals surface area contributed by atoms with Gasteiger partial charge < -0.3 is 10.6 Å². The summed E-state index contributed by atoms with van der Waals surface area (Å²) in [6.45, 7) is 4.55. The lowest BCUT2D eigenvalue weighted by molar-refractivity contribution is 0.507. The molecule has 0 aromatic heterocycles. The number of nitrogens with zero attached hydrogens (tertiary/aromatic N) is 1. The zero-order valence-corrected chi connectivity index (χ0v) is 16.6. The topological polar surface area (TPSA) is 36.4 Å². The van der Waals surface area contributed by atoms with Gasteiger partial charge in [0.2, 0.25) is 0 Å². The lowest BCUT2D eigenvalue weighted by Gasteiger charge is -2.23. The van der Waals surface area contributed by atoms with Crippen molar-refractivity contribution < 1.29 is 8.78 Å². The van der Waals surface area contributed by atoms with Gasteiger partial charge in [0.1, 0.15) is 0 Å². The first-order chi connectivity index (χ1) is 14.0. The Labute approximate surface area is 170 Å². The van der Waals surface area contributed by atoms with E-state index in [2.05, 4.69) is 72.0 Å². The lowest BCUT2D eigenvalue weighted by atomic mass is 9.89. The molecule has 3 atom stereocenters. The Bertz CT molecular complexity index is 976. The average molecular weight is 393 g/mol. The van der Waals surface area contributed by atoms with Crippen LogP contribution < -0.4 is 10.6 Å². The summed E-state index contributed by atoms with van der Waals surface area (Å²) in [7, 11) is 0. The molecule has 0 amide bonds. The van der Waals surface area contributed by atoms with Crippen LogP contribution in [0.15, 0.2) is 71.3 Å². The molecule has 0 bridgehead atoms. The normalized spacial score (nSPS) is 24.9. The molecule has 2 aromatic carbocycles. The van der Waals surface area contributed by atoms with Gasteiger partial charge in [-0.05, 0) is 48.1 Å². The highest BCUT2D eigenvalue weighted by Crippen LogP contribution is 2.29. The lowest BCUT2D eigenvalue weighted by Crippen LogP contribution is -2.30. The number of nitrogens with one attached hydrogen (secondary N) is 2. The van der Waals surface area contributed by atoms with Crippen molar-refractivity contribution in [1.29, 1.82) is 0 Å². The number of hydrogen-bond acceptors (Lipinski definition) is 1. The van der Waals surface area contributed by atoms with Crippen molar-refractivity contribution in [3.8, 4) is 0 Å². The fraction of sp³-hybridized carbons (Fsp3) is 0.292. The predicted octanol–water partition coefficient (Wildman–Crippen LogP) is 4.95. The van der Waals surface area contributed by atoms with Gasteiger partial charge in [0.15, 0.2) is 17.6 Å². The Morgan fingerprint density at radius 2 is 1.76 bits per heavy atom. The first kappa shape index (κ1) is 19.4. The quantitative estimate of drug-likeness (QED) is 0.771. The first-order valence-electron chi connectivity index (χ1n) is 9.96. The molecule has 3 nitrogen and oxygen atoms in total. The monoisotopic (exact) mass is 393 g/mol. The fourth-order valence-corrected chi connectivity index (χ4v) is 3.70. The van der Waals surface area contributed by atoms with E-state index in [1.165, 1.54) is 22.8 Å². The molecule has 4 rings (SSSR count). The maximum atomic E-state index is 13.5. The van der Waals surface area contributed by atoms with E-state index >= 15 is 0 Å². The minimum absolute atomic E-state index is 0.0450. The van der Waals surface area contributed by atoms with Gasteiger partial charge in [0.05, 0.1) is 18.6 Å². The summed E-state index contributed by atoms with van der Waals surface area (Å²) in [5.74, 6) is -0.481. The highest BCUT2D eigenvalue weighted by Gasteiger charge is 2.33. The van der Waals surface area contributed by atoms with Crippen molar-refractivity contribution in [1.82, 2.24) is 10.6 Å². The van der Waals surface area contributed by atoms with E-state index in [-0.39, 0.29) is 18.6 Å².